The number of benzene rings is 3. The van der Waals surface area contributed by atoms with E-state index in [9.17, 15) is 24.3 Å². The van der Waals surface area contributed by atoms with Gasteiger partial charge in [-0.2, -0.15) is 0 Å². The van der Waals surface area contributed by atoms with Gasteiger partial charge in [0.05, 0.1) is 12.6 Å². The van der Waals surface area contributed by atoms with Crippen LogP contribution >= 0.6 is 0 Å². The molecule has 2 amide bonds. The van der Waals surface area contributed by atoms with E-state index in [4.69, 9.17) is 0 Å². The maximum absolute atomic E-state index is 13.3. The average Bonchev–Trinajstić information content (AvgIpc) is 3.47. The number of rotatable bonds is 10. The van der Waals surface area contributed by atoms with Crippen molar-refractivity contribution in [3.05, 3.63) is 107 Å². The number of hydrogen-bond donors (Lipinski definition) is 5. The molecule has 0 aliphatic rings. The molecular formula is C27H26FN5O4. The number of nitrogens with one attached hydrogen (secondary N) is 3. The normalized spacial score (nSPS) is 12.5. The molecular weight excluding hydrogens is 477 g/mol. The maximum atomic E-state index is 13.3. The minimum Gasteiger partial charge on any atom is -0.392 e. The molecule has 0 saturated carbocycles. The molecule has 0 saturated heterocycles. The first kappa shape index (κ1) is 25.7. The van der Waals surface area contributed by atoms with Crippen LogP contribution in [0.1, 0.15) is 39.6 Å². The number of aromatic nitrogens is 3. The lowest BCUT2D eigenvalue weighted by molar-refractivity contribution is -0.133. The number of aliphatic hydroxyl groups excluding tert-OH is 1. The fraction of sp³-hybridized carbons (Fsp3) is 0.185. The molecule has 4 aromatic rings. The lowest BCUT2D eigenvalue weighted by Crippen LogP contribution is -2.35. The Kier molecular flexibility index (Phi) is 8.34. The van der Waals surface area contributed by atoms with E-state index in [0.29, 0.717) is 5.69 Å². The second-order valence-corrected chi connectivity index (χ2v) is 8.60. The average molecular weight is 504 g/mol. The molecule has 0 unspecified atom stereocenters. The van der Waals surface area contributed by atoms with E-state index < -0.39 is 29.6 Å². The van der Waals surface area contributed by atoms with E-state index in [1.807, 2.05) is 48.5 Å². The Labute approximate surface area is 212 Å². The van der Waals surface area contributed by atoms with Gasteiger partial charge < -0.3 is 10.4 Å². The van der Waals surface area contributed by atoms with Gasteiger partial charge in [0, 0.05) is 17.7 Å². The van der Waals surface area contributed by atoms with Crippen molar-refractivity contribution in [3.63, 3.8) is 0 Å². The summed E-state index contributed by atoms with van der Waals surface area (Å²) in [6, 6.07) is 19.5. The third kappa shape index (κ3) is 6.63. The summed E-state index contributed by atoms with van der Waals surface area (Å²) in [6.45, 7) is -0.0701. The molecule has 37 heavy (non-hydrogen) atoms. The third-order valence-corrected chi connectivity index (χ3v) is 6.06. The summed E-state index contributed by atoms with van der Waals surface area (Å²) in [5.41, 5.74) is 5.83. The first-order valence-electron chi connectivity index (χ1n) is 11.6. The molecule has 2 atom stereocenters. The molecule has 4 rings (SSSR count). The van der Waals surface area contributed by atoms with Gasteiger partial charge in [-0.3, -0.25) is 19.9 Å². The highest BCUT2D eigenvalue weighted by Gasteiger charge is 2.27. The van der Waals surface area contributed by atoms with Gasteiger partial charge in [0.25, 0.3) is 5.91 Å². The van der Waals surface area contributed by atoms with Crippen LogP contribution in [0.15, 0.2) is 79.0 Å². The van der Waals surface area contributed by atoms with Gasteiger partial charge in [0.1, 0.15) is 11.5 Å². The van der Waals surface area contributed by atoms with Gasteiger partial charge >= 0.3 is 0 Å². The van der Waals surface area contributed by atoms with Crippen molar-refractivity contribution in [1.29, 1.82) is 0 Å². The predicted molar refractivity (Wildman–Crippen MR) is 133 cm³/mol. The summed E-state index contributed by atoms with van der Waals surface area (Å²) < 4.78 is 13.3. The molecule has 0 aliphatic carbocycles. The molecule has 3 aromatic carbocycles. The van der Waals surface area contributed by atoms with Crippen LogP contribution < -0.4 is 10.8 Å². The number of nitrogens with zero attached hydrogens (tertiary/aromatic N) is 2. The Balaban J connectivity index is 1.56. The number of carbonyl (C=O) groups excluding carboxylic acids is 2. The summed E-state index contributed by atoms with van der Waals surface area (Å²) >= 11 is 0. The van der Waals surface area contributed by atoms with Crippen molar-refractivity contribution in [2.45, 2.75) is 25.5 Å². The zero-order valence-corrected chi connectivity index (χ0v) is 19.8. The number of amides is 2. The first-order valence-corrected chi connectivity index (χ1v) is 11.6. The Morgan fingerprint density at radius 1 is 0.973 bits per heavy atom. The summed E-state index contributed by atoms with van der Waals surface area (Å²) in [4.78, 5) is 25.5. The van der Waals surface area contributed by atoms with Crippen LogP contribution in [0.25, 0.3) is 11.1 Å². The van der Waals surface area contributed by atoms with Crippen LogP contribution in [0.3, 0.4) is 0 Å². The lowest BCUT2D eigenvalue weighted by atomic mass is 9.89. The monoisotopic (exact) mass is 503 g/mol. The Hall–Kier alpha value is -4.41. The molecule has 1 heterocycles. The summed E-state index contributed by atoms with van der Waals surface area (Å²) in [5, 5.41) is 32.0. The van der Waals surface area contributed by atoms with Crippen molar-refractivity contribution in [3.8, 4) is 11.1 Å². The fourth-order valence-corrected chi connectivity index (χ4v) is 4.15. The van der Waals surface area contributed by atoms with E-state index in [1.54, 1.807) is 5.48 Å². The van der Waals surface area contributed by atoms with Crippen LogP contribution in [0.4, 0.5) is 4.39 Å². The largest absolute Gasteiger partial charge is 0.392 e. The van der Waals surface area contributed by atoms with Crippen molar-refractivity contribution in [1.82, 2.24) is 26.2 Å². The Morgan fingerprint density at radius 3 is 2.27 bits per heavy atom. The summed E-state index contributed by atoms with van der Waals surface area (Å²) in [5.74, 6) is -2.28. The van der Waals surface area contributed by atoms with Gasteiger partial charge in [-0.05, 0) is 65.4 Å². The molecule has 0 aliphatic heterocycles. The van der Waals surface area contributed by atoms with E-state index in [1.165, 1.54) is 30.5 Å². The molecule has 190 valence electrons. The molecule has 0 spiro atoms. The first-order chi connectivity index (χ1) is 18.0. The van der Waals surface area contributed by atoms with Crippen LogP contribution in [-0.2, 0) is 17.8 Å². The number of aliphatic hydroxyl groups is 1. The molecule has 1 aromatic heterocycles. The van der Waals surface area contributed by atoms with Crippen LogP contribution in [-0.4, -0.2) is 37.5 Å². The third-order valence-electron chi connectivity index (χ3n) is 6.06. The highest BCUT2D eigenvalue weighted by atomic mass is 19.1. The molecule has 5 N–H and O–H groups in total. The van der Waals surface area contributed by atoms with Gasteiger partial charge in [0.2, 0.25) is 5.91 Å². The zero-order valence-electron chi connectivity index (χ0n) is 19.8. The molecule has 10 heteroatoms. The van der Waals surface area contributed by atoms with E-state index in [2.05, 4.69) is 20.7 Å². The summed E-state index contributed by atoms with van der Waals surface area (Å²) in [6.07, 6.45) is 1.88. The minimum atomic E-state index is -0.737. The second kappa shape index (κ2) is 12.0. The number of aromatic amines is 1. The van der Waals surface area contributed by atoms with E-state index >= 15 is 0 Å². The number of hydrogen-bond acceptors (Lipinski definition) is 6. The number of H-pyrrole nitrogens is 1. The van der Waals surface area contributed by atoms with Crippen LogP contribution in [0.2, 0.25) is 0 Å². The smallest absolute Gasteiger partial charge is 0.251 e. The van der Waals surface area contributed by atoms with E-state index in [0.717, 1.165) is 22.3 Å². The highest BCUT2D eigenvalue weighted by molar-refractivity contribution is 5.94. The van der Waals surface area contributed by atoms with Gasteiger partial charge in [-0.25, -0.2) is 9.87 Å². The zero-order chi connectivity index (χ0) is 26.2. The van der Waals surface area contributed by atoms with Crippen molar-refractivity contribution >= 4 is 11.8 Å². The van der Waals surface area contributed by atoms with Crippen LogP contribution in [0, 0.1) is 11.7 Å². The molecule has 0 radical (unpaired) electrons. The second-order valence-electron chi connectivity index (χ2n) is 8.60. The predicted octanol–water partition coefficient (Wildman–Crippen LogP) is 3.33. The quantitative estimate of drug-likeness (QED) is 0.166. The molecule has 0 bridgehead atoms. The molecule has 0 fully saturated rings. The maximum Gasteiger partial charge on any atom is 0.251 e. The van der Waals surface area contributed by atoms with Crippen molar-refractivity contribution in [2.75, 3.05) is 0 Å². The van der Waals surface area contributed by atoms with Crippen LogP contribution in [0.5, 0.6) is 0 Å². The Morgan fingerprint density at radius 2 is 1.65 bits per heavy atom. The molecule has 9 nitrogen and oxygen atoms in total. The lowest BCUT2D eigenvalue weighted by Gasteiger charge is -2.22. The SMILES string of the molecule is O=C(N[C@H](C[C@H](Cc1cccc(-c2cccc(CO)c2)c1)C(=O)NO)c1c[nH]nn1)c1ccc(F)cc1. The van der Waals surface area contributed by atoms with Crippen molar-refractivity contribution in [2.24, 2.45) is 5.92 Å². The Bertz CT molecular complexity index is 1350. The van der Waals surface area contributed by atoms with Crippen molar-refractivity contribution < 1.29 is 24.3 Å². The van der Waals surface area contributed by atoms with E-state index in [-0.39, 0.29) is 25.0 Å². The topological polar surface area (TPSA) is 140 Å². The number of halogens is 1. The summed E-state index contributed by atoms with van der Waals surface area (Å²) in [7, 11) is 0. The van der Waals surface area contributed by atoms with Gasteiger partial charge in [0.15, 0.2) is 0 Å². The van der Waals surface area contributed by atoms with Gasteiger partial charge in [-0.15, -0.1) is 5.10 Å². The number of hydroxylamine groups is 1. The van der Waals surface area contributed by atoms with Gasteiger partial charge in [-0.1, -0.05) is 47.7 Å². The minimum absolute atomic E-state index is 0.0701. The standard InChI is InChI=1S/C27H26FN5O4/c28-23-9-7-19(8-10-23)26(35)30-24(25-15-29-33-31-25)14-22(27(36)32-37)12-17-3-1-5-20(11-17)21-6-2-4-18(13-21)16-34/h1-11,13,15,22,24,34,37H,12,14,16H2,(H,30,35)(H,32,36)(H,29,31,33)/t22-,24+/m0/s1. The fourth-order valence-electron chi connectivity index (χ4n) is 4.15. The highest BCUT2D eigenvalue weighted by Crippen LogP contribution is 2.27. The number of carbonyl (C=O) groups is 2.